The lowest BCUT2D eigenvalue weighted by atomic mass is 10.2. The van der Waals surface area contributed by atoms with Gasteiger partial charge in [-0.2, -0.15) is 5.10 Å². The van der Waals surface area contributed by atoms with Gasteiger partial charge in [-0.05, 0) is 19.8 Å². The van der Waals surface area contributed by atoms with Gasteiger partial charge in [-0.1, -0.05) is 0 Å². The molecular weight excluding hydrogens is 244 g/mol. The summed E-state index contributed by atoms with van der Waals surface area (Å²) in [6.45, 7) is 4.88. The third-order valence-electron chi connectivity index (χ3n) is 3.42. The minimum Gasteiger partial charge on any atom is -0.394 e. The number of amides is 1. The molecule has 1 atom stereocenters. The highest BCUT2D eigenvalue weighted by Crippen LogP contribution is 2.09. The standard InChI is InChI=1S/C13H22N4O2/c1-11(13(19)16-4-2-3-5-16)14-8-12-9-15-17(10-12)6-7-18/h9-11,14,18H,2-8H2,1H3. The van der Waals surface area contributed by atoms with E-state index in [0.717, 1.165) is 31.5 Å². The number of aliphatic hydroxyl groups is 1. The van der Waals surface area contributed by atoms with Crippen molar-refractivity contribution in [2.45, 2.75) is 38.9 Å². The molecule has 6 heteroatoms. The normalized spacial score (nSPS) is 16.8. The second-order valence-electron chi connectivity index (χ2n) is 4.97. The van der Waals surface area contributed by atoms with Crippen molar-refractivity contribution in [1.82, 2.24) is 20.0 Å². The highest BCUT2D eigenvalue weighted by molar-refractivity contribution is 5.81. The van der Waals surface area contributed by atoms with Gasteiger partial charge in [-0.15, -0.1) is 0 Å². The fraction of sp³-hybridized carbons (Fsp3) is 0.692. The van der Waals surface area contributed by atoms with Crippen molar-refractivity contribution in [2.75, 3.05) is 19.7 Å². The Bertz CT molecular complexity index is 413. The molecule has 0 radical (unpaired) electrons. The summed E-state index contributed by atoms with van der Waals surface area (Å²) in [5.74, 6) is 0.181. The van der Waals surface area contributed by atoms with Gasteiger partial charge in [0.05, 0.1) is 25.4 Å². The van der Waals surface area contributed by atoms with E-state index in [-0.39, 0.29) is 18.6 Å². The van der Waals surface area contributed by atoms with Crippen LogP contribution in [0, 0.1) is 0 Å². The number of hydrogen-bond acceptors (Lipinski definition) is 4. The van der Waals surface area contributed by atoms with E-state index in [1.165, 1.54) is 0 Å². The summed E-state index contributed by atoms with van der Waals surface area (Å²) in [5, 5.41) is 16.2. The number of rotatable bonds is 6. The van der Waals surface area contributed by atoms with Crippen LogP contribution in [-0.2, 0) is 17.9 Å². The molecule has 0 bridgehead atoms. The third kappa shape index (κ3) is 3.78. The molecule has 1 fully saturated rings. The maximum absolute atomic E-state index is 12.1. The summed E-state index contributed by atoms with van der Waals surface area (Å²) in [5.41, 5.74) is 1.02. The van der Waals surface area contributed by atoms with Crippen molar-refractivity contribution >= 4 is 5.91 Å². The lowest BCUT2D eigenvalue weighted by Crippen LogP contribution is -2.43. The Kier molecular flexibility index (Phi) is 4.93. The van der Waals surface area contributed by atoms with Crippen molar-refractivity contribution in [1.29, 1.82) is 0 Å². The van der Waals surface area contributed by atoms with Gasteiger partial charge in [0.15, 0.2) is 0 Å². The molecule has 1 amide bonds. The van der Waals surface area contributed by atoms with Gasteiger partial charge >= 0.3 is 0 Å². The van der Waals surface area contributed by atoms with Crippen LogP contribution in [0.5, 0.6) is 0 Å². The fourth-order valence-corrected chi connectivity index (χ4v) is 2.29. The maximum Gasteiger partial charge on any atom is 0.239 e. The van der Waals surface area contributed by atoms with E-state index >= 15 is 0 Å². The Morgan fingerprint density at radius 3 is 2.95 bits per heavy atom. The van der Waals surface area contributed by atoms with Gasteiger partial charge in [0.25, 0.3) is 0 Å². The number of nitrogens with one attached hydrogen (secondary N) is 1. The van der Waals surface area contributed by atoms with Crippen LogP contribution in [-0.4, -0.2) is 51.4 Å². The van der Waals surface area contributed by atoms with Gasteiger partial charge in [-0.3, -0.25) is 9.48 Å². The zero-order valence-electron chi connectivity index (χ0n) is 11.4. The lowest BCUT2D eigenvalue weighted by molar-refractivity contribution is -0.131. The van der Waals surface area contributed by atoms with Crippen molar-refractivity contribution in [3.05, 3.63) is 18.0 Å². The van der Waals surface area contributed by atoms with Crippen LogP contribution in [0.25, 0.3) is 0 Å². The Labute approximate surface area is 113 Å². The number of likely N-dealkylation sites (tertiary alicyclic amines) is 1. The summed E-state index contributed by atoms with van der Waals surface area (Å²) in [6, 6.07) is -0.167. The molecule has 0 spiro atoms. The molecule has 1 unspecified atom stereocenters. The maximum atomic E-state index is 12.1. The van der Waals surface area contributed by atoms with Crippen LogP contribution in [0.2, 0.25) is 0 Å². The Hall–Kier alpha value is -1.40. The average Bonchev–Trinajstić information content (AvgIpc) is 3.06. The summed E-state index contributed by atoms with van der Waals surface area (Å²) < 4.78 is 1.70. The van der Waals surface area contributed by atoms with Crippen molar-refractivity contribution < 1.29 is 9.90 Å². The predicted octanol–water partition coefficient (Wildman–Crippen LogP) is -0.0241. The lowest BCUT2D eigenvalue weighted by Gasteiger charge is -2.20. The van der Waals surface area contributed by atoms with Gasteiger partial charge in [0.2, 0.25) is 5.91 Å². The van der Waals surface area contributed by atoms with Crippen LogP contribution in [0.15, 0.2) is 12.4 Å². The first-order valence-corrected chi connectivity index (χ1v) is 6.85. The smallest absolute Gasteiger partial charge is 0.239 e. The van der Waals surface area contributed by atoms with Gasteiger partial charge < -0.3 is 15.3 Å². The van der Waals surface area contributed by atoms with E-state index in [1.54, 1.807) is 10.9 Å². The number of carbonyl (C=O) groups excluding carboxylic acids is 1. The molecule has 1 aliphatic rings. The van der Waals surface area contributed by atoms with Crippen LogP contribution in [0.3, 0.4) is 0 Å². The topological polar surface area (TPSA) is 70.4 Å². The number of hydrogen-bond donors (Lipinski definition) is 2. The predicted molar refractivity (Wildman–Crippen MR) is 71.4 cm³/mol. The first kappa shape index (κ1) is 14.0. The number of aromatic nitrogens is 2. The zero-order valence-corrected chi connectivity index (χ0v) is 11.4. The van der Waals surface area contributed by atoms with Crippen LogP contribution in [0.4, 0.5) is 0 Å². The van der Waals surface area contributed by atoms with Gasteiger partial charge in [0.1, 0.15) is 0 Å². The molecule has 1 aromatic rings. The molecule has 2 N–H and O–H groups in total. The molecule has 1 aromatic heterocycles. The van der Waals surface area contributed by atoms with Crippen molar-refractivity contribution in [2.24, 2.45) is 0 Å². The molecule has 106 valence electrons. The molecule has 0 saturated carbocycles. The zero-order chi connectivity index (χ0) is 13.7. The Balaban J connectivity index is 1.78. The molecule has 19 heavy (non-hydrogen) atoms. The first-order chi connectivity index (χ1) is 9.20. The van der Waals surface area contributed by atoms with E-state index in [1.807, 2.05) is 18.0 Å². The van der Waals surface area contributed by atoms with Gasteiger partial charge in [-0.25, -0.2) is 0 Å². The average molecular weight is 266 g/mol. The van der Waals surface area contributed by atoms with Crippen LogP contribution >= 0.6 is 0 Å². The fourth-order valence-electron chi connectivity index (χ4n) is 2.29. The van der Waals surface area contributed by atoms with E-state index in [2.05, 4.69) is 10.4 Å². The second-order valence-corrected chi connectivity index (χ2v) is 4.97. The largest absolute Gasteiger partial charge is 0.394 e. The van der Waals surface area contributed by atoms with Crippen LogP contribution in [0.1, 0.15) is 25.3 Å². The highest BCUT2D eigenvalue weighted by Gasteiger charge is 2.22. The number of carbonyl (C=O) groups is 1. The Morgan fingerprint density at radius 1 is 1.53 bits per heavy atom. The number of nitrogens with zero attached hydrogens (tertiary/aromatic N) is 3. The molecule has 6 nitrogen and oxygen atoms in total. The Morgan fingerprint density at radius 2 is 2.26 bits per heavy atom. The van der Waals surface area contributed by atoms with Crippen molar-refractivity contribution in [3.63, 3.8) is 0 Å². The van der Waals surface area contributed by atoms with E-state index < -0.39 is 0 Å². The minimum absolute atomic E-state index is 0.0817. The van der Waals surface area contributed by atoms with Gasteiger partial charge in [0, 0.05) is 31.4 Å². The van der Waals surface area contributed by atoms with Crippen LogP contribution < -0.4 is 5.32 Å². The molecule has 2 heterocycles. The summed E-state index contributed by atoms with van der Waals surface area (Å²) in [7, 11) is 0. The van der Waals surface area contributed by atoms with Crippen molar-refractivity contribution in [3.8, 4) is 0 Å². The van der Waals surface area contributed by atoms with E-state index in [9.17, 15) is 4.79 Å². The third-order valence-corrected chi connectivity index (χ3v) is 3.42. The first-order valence-electron chi connectivity index (χ1n) is 6.85. The summed E-state index contributed by atoms with van der Waals surface area (Å²) in [6.07, 6.45) is 5.88. The summed E-state index contributed by atoms with van der Waals surface area (Å²) in [4.78, 5) is 14.0. The SMILES string of the molecule is CC(NCc1cnn(CCO)c1)C(=O)N1CCCC1. The quantitative estimate of drug-likeness (QED) is 0.759. The van der Waals surface area contributed by atoms with E-state index in [4.69, 9.17) is 5.11 Å². The molecule has 1 saturated heterocycles. The van der Waals surface area contributed by atoms with E-state index in [0.29, 0.717) is 13.1 Å². The monoisotopic (exact) mass is 266 g/mol. The summed E-state index contributed by atoms with van der Waals surface area (Å²) >= 11 is 0. The molecule has 1 aliphatic heterocycles. The molecule has 2 rings (SSSR count). The molecule has 0 aromatic carbocycles. The minimum atomic E-state index is -0.167. The molecular formula is C13H22N4O2. The highest BCUT2D eigenvalue weighted by atomic mass is 16.3. The number of aliphatic hydroxyl groups excluding tert-OH is 1. The molecule has 0 aliphatic carbocycles. The second kappa shape index (κ2) is 6.68.